The molecule has 0 aliphatic carbocycles. The number of piperazine rings is 1. The lowest BCUT2D eigenvalue weighted by molar-refractivity contribution is -0.119. The van der Waals surface area contributed by atoms with Crippen molar-refractivity contribution in [3.05, 3.63) is 47.4 Å². The lowest BCUT2D eigenvalue weighted by atomic mass is 10.1. The quantitative estimate of drug-likeness (QED) is 0.859. The molecular weight excluding hydrogens is 318 g/mol. The number of aromatic nitrogens is 2. The molecule has 1 aliphatic rings. The summed E-state index contributed by atoms with van der Waals surface area (Å²) in [5.41, 5.74) is 3.58. The number of benzene rings is 1. The van der Waals surface area contributed by atoms with Crippen LogP contribution in [0.3, 0.4) is 0 Å². The first-order chi connectivity index (χ1) is 12.0. The number of nitrogens with one attached hydrogen (secondary N) is 1. The molecule has 0 atom stereocenters. The average Bonchev–Trinajstić information content (AvgIpc) is 2.60. The fraction of sp³-hybridized carbons (Fsp3) is 0.333. The smallest absolute Gasteiger partial charge is 0.272 e. The Morgan fingerprint density at radius 3 is 2.36 bits per heavy atom. The normalized spacial score (nSPS) is 14.3. The van der Waals surface area contributed by atoms with Gasteiger partial charge in [-0.05, 0) is 37.1 Å². The van der Waals surface area contributed by atoms with Crippen molar-refractivity contribution in [1.82, 2.24) is 19.8 Å². The molecule has 1 aliphatic heterocycles. The summed E-state index contributed by atoms with van der Waals surface area (Å²) >= 11 is 0. The van der Waals surface area contributed by atoms with Gasteiger partial charge in [0.15, 0.2) is 0 Å². The van der Waals surface area contributed by atoms with Crippen LogP contribution in [0.25, 0.3) is 0 Å². The standard InChI is InChI=1S/C18H21N5O2/c1-13-7-14(2)9-15(8-13)21-17-10-16(19-11-20-17)18(25)23-5-3-22(12-24)4-6-23/h7-12H,3-6H2,1-2H3,(H,19,20,21). The third-order valence-corrected chi connectivity index (χ3v) is 4.13. The number of carbonyl (C=O) groups is 2. The van der Waals surface area contributed by atoms with E-state index in [0.717, 1.165) is 23.2 Å². The Bertz CT molecular complexity index is 765. The van der Waals surface area contributed by atoms with Crippen molar-refractivity contribution < 1.29 is 9.59 Å². The van der Waals surface area contributed by atoms with Gasteiger partial charge in [0.1, 0.15) is 17.8 Å². The first-order valence-electron chi connectivity index (χ1n) is 8.21. The predicted octanol–water partition coefficient (Wildman–Crippen LogP) is 1.75. The van der Waals surface area contributed by atoms with Crippen LogP contribution in [0.4, 0.5) is 11.5 Å². The molecular formula is C18H21N5O2. The summed E-state index contributed by atoms with van der Waals surface area (Å²) in [7, 11) is 0. The maximum absolute atomic E-state index is 12.6. The van der Waals surface area contributed by atoms with Crippen LogP contribution in [-0.4, -0.2) is 58.3 Å². The number of hydrogen-bond acceptors (Lipinski definition) is 5. The van der Waals surface area contributed by atoms with Crippen LogP contribution < -0.4 is 5.32 Å². The first-order valence-corrected chi connectivity index (χ1v) is 8.21. The fourth-order valence-corrected chi connectivity index (χ4v) is 2.93. The van der Waals surface area contributed by atoms with Crippen molar-refractivity contribution in [3.63, 3.8) is 0 Å². The van der Waals surface area contributed by atoms with Gasteiger partial charge in [-0.1, -0.05) is 6.07 Å². The van der Waals surface area contributed by atoms with Gasteiger partial charge in [0.2, 0.25) is 6.41 Å². The van der Waals surface area contributed by atoms with E-state index in [1.54, 1.807) is 15.9 Å². The molecule has 2 amide bonds. The number of aryl methyl sites for hydroxylation is 2. The van der Waals surface area contributed by atoms with Gasteiger partial charge in [-0.25, -0.2) is 9.97 Å². The maximum Gasteiger partial charge on any atom is 0.272 e. The Morgan fingerprint density at radius 1 is 1.04 bits per heavy atom. The zero-order valence-electron chi connectivity index (χ0n) is 14.4. The Kier molecular flexibility index (Phi) is 4.92. The minimum Gasteiger partial charge on any atom is -0.342 e. The second kappa shape index (κ2) is 7.29. The number of anilines is 2. The number of hydrogen-bond donors (Lipinski definition) is 1. The Hall–Kier alpha value is -2.96. The molecule has 0 bridgehead atoms. The molecule has 2 aromatic rings. The highest BCUT2D eigenvalue weighted by Gasteiger charge is 2.22. The van der Waals surface area contributed by atoms with Crippen LogP contribution in [0.5, 0.6) is 0 Å². The molecule has 0 radical (unpaired) electrons. The van der Waals surface area contributed by atoms with Gasteiger partial charge in [0.25, 0.3) is 5.91 Å². The van der Waals surface area contributed by atoms with Crippen LogP contribution >= 0.6 is 0 Å². The molecule has 7 heteroatoms. The van der Waals surface area contributed by atoms with E-state index < -0.39 is 0 Å². The molecule has 3 rings (SSSR count). The van der Waals surface area contributed by atoms with Crippen molar-refractivity contribution in [2.45, 2.75) is 13.8 Å². The summed E-state index contributed by atoms with van der Waals surface area (Å²) in [5.74, 6) is 0.436. The van der Waals surface area contributed by atoms with Crippen LogP contribution in [0.1, 0.15) is 21.6 Å². The molecule has 0 saturated carbocycles. The predicted molar refractivity (Wildman–Crippen MR) is 94.8 cm³/mol. The molecule has 0 spiro atoms. The maximum atomic E-state index is 12.6. The highest BCUT2D eigenvalue weighted by molar-refractivity contribution is 5.93. The van der Waals surface area contributed by atoms with Crippen molar-refractivity contribution in [2.24, 2.45) is 0 Å². The molecule has 0 unspecified atom stereocenters. The summed E-state index contributed by atoms with van der Waals surface area (Å²) in [4.78, 5) is 35.1. The molecule has 1 saturated heterocycles. The third kappa shape index (κ3) is 4.12. The van der Waals surface area contributed by atoms with Crippen molar-refractivity contribution >= 4 is 23.8 Å². The molecule has 1 N–H and O–H groups in total. The Balaban J connectivity index is 1.72. The highest BCUT2D eigenvalue weighted by Crippen LogP contribution is 2.19. The summed E-state index contributed by atoms with van der Waals surface area (Å²) in [6.45, 7) is 6.20. The Morgan fingerprint density at radius 2 is 1.72 bits per heavy atom. The second-order valence-electron chi connectivity index (χ2n) is 6.22. The highest BCUT2D eigenvalue weighted by atomic mass is 16.2. The lowest BCUT2D eigenvalue weighted by Crippen LogP contribution is -2.48. The molecule has 1 aromatic carbocycles. The SMILES string of the molecule is Cc1cc(C)cc(Nc2cc(C(=O)N3CCN(C=O)CC3)ncn2)c1. The number of nitrogens with zero attached hydrogens (tertiary/aromatic N) is 4. The van der Waals surface area contributed by atoms with Crippen molar-refractivity contribution in [3.8, 4) is 0 Å². The molecule has 1 aromatic heterocycles. The van der Waals surface area contributed by atoms with Gasteiger partial charge >= 0.3 is 0 Å². The van der Waals surface area contributed by atoms with E-state index in [4.69, 9.17) is 0 Å². The van der Waals surface area contributed by atoms with Crippen LogP contribution in [-0.2, 0) is 4.79 Å². The monoisotopic (exact) mass is 339 g/mol. The van der Waals surface area contributed by atoms with Gasteiger partial charge in [-0.15, -0.1) is 0 Å². The largest absolute Gasteiger partial charge is 0.342 e. The molecule has 2 heterocycles. The van der Waals surface area contributed by atoms with E-state index in [9.17, 15) is 9.59 Å². The molecule has 7 nitrogen and oxygen atoms in total. The number of rotatable bonds is 4. The molecule has 1 fully saturated rings. The number of amides is 2. The third-order valence-electron chi connectivity index (χ3n) is 4.13. The van der Waals surface area contributed by atoms with Gasteiger partial charge in [0.05, 0.1) is 0 Å². The zero-order valence-corrected chi connectivity index (χ0v) is 14.4. The summed E-state index contributed by atoms with van der Waals surface area (Å²) in [5, 5.41) is 3.22. The topological polar surface area (TPSA) is 78.4 Å². The van der Waals surface area contributed by atoms with Crippen molar-refractivity contribution in [2.75, 3.05) is 31.5 Å². The summed E-state index contributed by atoms with van der Waals surface area (Å²) in [6, 6.07) is 7.80. The number of carbonyl (C=O) groups excluding carboxylic acids is 2. The van der Waals surface area contributed by atoms with Crippen molar-refractivity contribution in [1.29, 1.82) is 0 Å². The van der Waals surface area contributed by atoms with Crippen LogP contribution in [0, 0.1) is 13.8 Å². The first kappa shape index (κ1) is 16.9. The van der Waals surface area contributed by atoms with Crippen LogP contribution in [0.2, 0.25) is 0 Å². The minimum absolute atomic E-state index is 0.142. The van der Waals surface area contributed by atoms with E-state index >= 15 is 0 Å². The Labute approximate surface area is 146 Å². The fourth-order valence-electron chi connectivity index (χ4n) is 2.93. The summed E-state index contributed by atoms with van der Waals surface area (Å²) < 4.78 is 0. The van der Waals surface area contributed by atoms with Crippen LogP contribution in [0.15, 0.2) is 30.6 Å². The van der Waals surface area contributed by atoms with E-state index in [1.165, 1.54) is 6.33 Å². The van der Waals surface area contributed by atoms with E-state index in [-0.39, 0.29) is 5.91 Å². The zero-order chi connectivity index (χ0) is 17.8. The lowest BCUT2D eigenvalue weighted by Gasteiger charge is -2.32. The van der Waals surface area contributed by atoms with Gasteiger partial charge in [-0.2, -0.15) is 0 Å². The minimum atomic E-state index is -0.142. The summed E-state index contributed by atoms with van der Waals surface area (Å²) in [6.07, 6.45) is 2.21. The van der Waals surface area contributed by atoms with Gasteiger partial charge < -0.3 is 15.1 Å². The molecule has 25 heavy (non-hydrogen) atoms. The van der Waals surface area contributed by atoms with E-state index in [2.05, 4.69) is 21.4 Å². The van der Waals surface area contributed by atoms with E-state index in [1.807, 2.05) is 26.0 Å². The van der Waals surface area contributed by atoms with Gasteiger partial charge in [-0.3, -0.25) is 9.59 Å². The molecule has 130 valence electrons. The average molecular weight is 339 g/mol. The van der Waals surface area contributed by atoms with E-state index in [0.29, 0.717) is 37.7 Å². The second-order valence-corrected chi connectivity index (χ2v) is 6.22. The van der Waals surface area contributed by atoms with Gasteiger partial charge in [0, 0.05) is 37.9 Å².